The van der Waals surface area contributed by atoms with E-state index < -0.39 is 0 Å². The molecule has 1 N–H and O–H groups in total. The van der Waals surface area contributed by atoms with Gasteiger partial charge in [-0.25, -0.2) is 9.50 Å². The summed E-state index contributed by atoms with van der Waals surface area (Å²) in [5, 5.41) is 7.41. The molecule has 0 fully saturated rings. The zero-order valence-corrected chi connectivity index (χ0v) is 22.1. The number of pyridine rings is 1. The van der Waals surface area contributed by atoms with E-state index in [1.165, 1.54) is 6.20 Å². The second-order valence-electron chi connectivity index (χ2n) is 10.0. The van der Waals surface area contributed by atoms with Crippen LogP contribution in [-0.4, -0.2) is 56.0 Å². The van der Waals surface area contributed by atoms with Crippen LogP contribution in [0, 0.1) is 0 Å². The van der Waals surface area contributed by atoms with Crippen LogP contribution >= 0.6 is 0 Å². The van der Waals surface area contributed by atoms with Crippen LogP contribution in [0.2, 0.25) is 0 Å². The molecule has 3 aliphatic heterocycles. The lowest BCUT2D eigenvalue weighted by Gasteiger charge is -2.37. The molecule has 2 aromatic carbocycles. The van der Waals surface area contributed by atoms with Crippen molar-refractivity contribution < 1.29 is 19.1 Å². The molecule has 3 aromatic heterocycles. The Morgan fingerprint density at radius 2 is 1.95 bits per heavy atom. The Hall–Kier alpha value is -5.25. The van der Waals surface area contributed by atoms with Crippen molar-refractivity contribution >= 4 is 17.5 Å². The minimum absolute atomic E-state index is 0.168. The van der Waals surface area contributed by atoms with Gasteiger partial charge in [0.1, 0.15) is 17.2 Å². The van der Waals surface area contributed by atoms with Gasteiger partial charge in [0.2, 0.25) is 0 Å². The molecule has 204 valence electrons. The third kappa shape index (κ3) is 4.84. The minimum Gasteiger partial charge on any atom is -0.494 e. The Balaban J connectivity index is 1.30. The third-order valence-corrected chi connectivity index (χ3v) is 7.32. The Labute approximate surface area is 235 Å². The third-order valence-electron chi connectivity index (χ3n) is 7.32. The summed E-state index contributed by atoms with van der Waals surface area (Å²) in [7, 11) is 0. The summed E-state index contributed by atoms with van der Waals surface area (Å²) in [6.07, 6.45) is 7.82. The summed E-state index contributed by atoms with van der Waals surface area (Å²) in [6, 6.07) is 18.5. The van der Waals surface area contributed by atoms with Gasteiger partial charge >= 0.3 is 0 Å². The summed E-state index contributed by atoms with van der Waals surface area (Å²) in [4.78, 5) is 37.0. The number of hydrogen-bond acceptors (Lipinski definition) is 7. The van der Waals surface area contributed by atoms with Crippen molar-refractivity contribution in [1.82, 2.24) is 29.8 Å². The number of carbonyl (C=O) groups excluding carboxylic acids is 2. The average molecular weight is 547 g/mol. The number of nitrogens with zero attached hydrogens (tertiary/aromatic N) is 5. The van der Waals surface area contributed by atoms with E-state index in [4.69, 9.17) is 9.47 Å². The van der Waals surface area contributed by atoms with Crippen LogP contribution in [0.5, 0.6) is 17.2 Å². The predicted molar refractivity (Wildman–Crippen MR) is 149 cm³/mol. The van der Waals surface area contributed by atoms with E-state index in [-0.39, 0.29) is 17.9 Å². The first kappa shape index (κ1) is 24.8. The van der Waals surface area contributed by atoms with E-state index in [0.717, 1.165) is 16.7 Å². The van der Waals surface area contributed by atoms with Crippen molar-refractivity contribution in [2.45, 2.75) is 18.9 Å². The number of ether oxygens (including phenoxy) is 2. The second kappa shape index (κ2) is 10.4. The fourth-order valence-corrected chi connectivity index (χ4v) is 5.40. The maximum Gasteiger partial charge on any atom is 0.275 e. The second-order valence-corrected chi connectivity index (χ2v) is 10.0. The lowest BCUT2D eigenvalue weighted by Crippen LogP contribution is -2.40. The van der Waals surface area contributed by atoms with Crippen molar-refractivity contribution in [3.8, 4) is 17.2 Å². The van der Waals surface area contributed by atoms with E-state index in [1.54, 1.807) is 41.3 Å². The van der Waals surface area contributed by atoms with Gasteiger partial charge in [0.05, 0.1) is 24.4 Å². The summed E-state index contributed by atoms with van der Waals surface area (Å²) in [5.74, 6) is 1.41. The molecular weight excluding hydrogens is 520 g/mol. The van der Waals surface area contributed by atoms with Crippen LogP contribution in [0.15, 0.2) is 85.5 Å². The van der Waals surface area contributed by atoms with Gasteiger partial charge in [0.15, 0.2) is 11.3 Å². The normalized spacial score (nSPS) is 16.7. The summed E-state index contributed by atoms with van der Waals surface area (Å²) >= 11 is 0. The van der Waals surface area contributed by atoms with Crippen molar-refractivity contribution in [3.63, 3.8) is 0 Å². The van der Waals surface area contributed by atoms with Gasteiger partial charge in [-0.3, -0.25) is 14.6 Å². The first-order valence-electron chi connectivity index (χ1n) is 13.5. The smallest absolute Gasteiger partial charge is 0.275 e. The lowest BCUT2D eigenvalue weighted by molar-refractivity contribution is 0.0687. The van der Waals surface area contributed by atoms with Gasteiger partial charge in [0, 0.05) is 37.7 Å². The average Bonchev–Trinajstić information content (AvgIpc) is 3.44. The van der Waals surface area contributed by atoms with Crippen LogP contribution in [-0.2, 0) is 6.42 Å². The number of nitrogens with one attached hydrogen (secondary N) is 1. The maximum absolute atomic E-state index is 14.0. The van der Waals surface area contributed by atoms with Crippen molar-refractivity contribution in [3.05, 3.63) is 113 Å². The zero-order valence-electron chi connectivity index (χ0n) is 22.1. The van der Waals surface area contributed by atoms with Crippen molar-refractivity contribution in [2.75, 3.05) is 19.7 Å². The quantitative estimate of drug-likeness (QED) is 0.335. The molecule has 0 radical (unpaired) electrons. The van der Waals surface area contributed by atoms with Crippen molar-refractivity contribution in [1.29, 1.82) is 0 Å². The molecule has 0 spiro atoms. The first-order valence-corrected chi connectivity index (χ1v) is 13.5. The van der Waals surface area contributed by atoms with Gasteiger partial charge in [-0.05, 0) is 65.9 Å². The Bertz CT molecular complexity index is 1750. The number of fused-ring (bicyclic) bond motifs is 7. The molecule has 41 heavy (non-hydrogen) atoms. The standard InChI is InChI=1S/C31H26N6O4/c38-30-22-16-25(19-32-18-22)41-24-6-7-26-20(14-24)8-12-36(31(39)27-17-28-33-9-2-11-37(28)35-27)29(26)21-4-1-5-23(15-21)40-13-3-10-34-30/h1-2,4-7,9,11,14-19,29H,3,8,10,12-13H2,(H,34,38). The molecule has 10 nitrogen and oxygen atoms in total. The van der Waals surface area contributed by atoms with E-state index in [0.29, 0.717) is 66.7 Å². The minimum atomic E-state index is -0.357. The molecule has 0 aliphatic carbocycles. The molecule has 0 saturated carbocycles. The number of benzene rings is 2. The largest absolute Gasteiger partial charge is 0.494 e. The lowest BCUT2D eigenvalue weighted by atomic mass is 9.87. The monoisotopic (exact) mass is 546 g/mol. The van der Waals surface area contributed by atoms with Crippen LogP contribution in [0.3, 0.4) is 0 Å². The molecule has 3 aliphatic rings. The highest BCUT2D eigenvalue weighted by Gasteiger charge is 2.34. The summed E-state index contributed by atoms with van der Waals surface area (Å²) < 4.78 is 13.8. The number of carbonyl (C=O) groups is 2. The molecule has 1 atom stereocenters. The highest BCUT2D eigenvalue weighted by atomic mass is 16.5. The molecule has 0 saturated heterocycles. The van der Waals surface area contributed by atoms with Crippen molar-refractivity contribution in [2.24, 2.45) is 0 Å². The van der Waals surface area contributed by atoms with E-state index in [9.17, 15) is 9.59 Å². The van der Waals surface area contributed by atoms with Gasteiger partial charge in [-0.1, -0.05) is 18.2 Å². The number of amides is 2. The van der Waals surface area contributed by atoms with Gasteiger partial charge < -0.3 is 19.7 Å². The summed E-state index contributed by atoms with van der Waals surface area (Å²) in [6.45, 7) is 1.36. The van der Waals surface area contributed by atoms with Gasteiger partial charge in [-0.15, -0.1) is 0 Å². The maximum atomic E-state index is 14.0. The highest BCUT2D eigenvalue weighted by Crippen LogP contribution is 2.39. The summed E-state index contributed by atoms with van der Waals surface area (Å²) in [5.41, 5.74) is 4.38. The molecule has 2 amide bonds. The molecule has 5 aromatic rings. The first-order chi connectivity index (χ1) is 20.1. The van der Waals surface area contributed by atoms with Gasteiger partial charge in [0.25, 0.3) is 11.8 Å². The Morgan fingerprint density at radius 3 is 2.88 bits per heavy atom. The van der Waals surface area contributed by atoms with Crippen LogP contribution in [0.25, 0.3) is 5.65 Å². The fraction of sp³-hybridized carbons (Fsp3) is 0.194. The molecule has 1 unspecified atom stereocenters. The van der Waals surface area contributed by atoms with E-state index in [1.807, 2.05) is 47.4 Å². The molecule has 6 heterocycles. The van der Waals surface area contributed by atoms with E-state index >= 15 is 0 Å². The molecule has 10 heteroatoms. The SMILES string of the molecule is O=C1NCCCOc2cccc(c2)C2c3ccc(cc3CCN2C(=O)c2cc3ncccn3n2)Oc2cncc1c2. The molecular formula is C31H26N6O4. The Morgan fingerprint density at radius 1 is 1.00 bits per heavy atom. The number of rotatable bonds is 1. The molecule has 8 rings (SSSR count). The van der Waals surface area contributed by atoms with Crippen LogP contribution < -0.4 is 14.8 Å². The van der Waals surface area contributed by atoms with Gasteiger partial charge in [-0.2, -0.15) is 5.10 Å². The number of aromatic nitrogens is 4. The van der Waals surface area contributed by atoms with Crippen LogP contribution in [0.4, 0.5) is 0 Å². The van der Waals surface area contributed by atoms with E-state index in [2.05, 4.69) is 20.4 Å². The predicted octanol–water partition coefficient (Wildman–Crippen LogP) is 4.22. The van der Waals surface area contributed by atoms with Crippen LogP contribution in [0.1, 0.15) is 50.0 Å². The zero-order chi connectivity index (χ0) is 27.8. The highest BCUT2D eigenvalue weighted by molar-refractivity contribution is 5.94. The Kier molecular flexibility index (Phi) is 6.27. The fourth-order valence-electron chi connectivity index (χ4n) is 5.40. The molecule has 8 bridgehead atoms. The topological polar surface area (TPSA) is 111 Å². The number of hydrogen-bond donors (Lipinski definition) is 1.